The highest BCUT2D eigenvalue weighted by atomic mass is 32.2. The molecule has 1 atom stereocenters. The van der Waals surface area contributed by atoms with E-state index in [9.17, 15) is 8.42 Å². The third-order valence-corrected chi connectivity index (χ3v) is 5.37. The van der Waals surface area contributed by atoms with E-state index in [1.807, 2.05) is 7.05 Å². The number of rotatable bonds is 6. The van der Waals surface area contributed by atoms with Crippen LogP contribution in [0.2, 0.25) is 0 Å². The van der Waals surface area contributed by atoms with Gasteiger partial charge in [-0.2, -0.15) is 4.31 Å². The SMILES string of the molecule is CC(C)NCCCS(=O)(=O)N1CCN(C)C(C)C1. The summed E-state index contributed by atoms with van der Waals surface area (Å²) in [6, 6.07) is 0.721. The van der Waals surface area contributed by atoms with Gasteiger partial charge in [-0.05, 0) is 26.9 Å². The zero-order valence-electron chi connectivity index (χ0n) is 12.0. The van der Waals surface area contributed by atoms with Gasteiger partial charge in [-0.1, -0.05) is 13.8 Å². The second-order valence-electron chi connectivity index (χ2n) is 5.47. The van der Waals surface area contributed by atoms with Crippen molar-refractivity contribution in [2.45, 2.75) is 39.3 Å². The normalized spacial score (nSPS) is 23.7. The first-order valence-corrected chi connectivity index (χ1v) is 8.35. The molecule has 0 amide bonds. The maximum atomic E-state index is 12.2. The van der Waals surface area contributed by atoms with Crippen LogP contribution >= 0.6 is 0 Å². The third-order valence-electron chi connectivity index (χ3n) is 3.45. The molecular weight excluding hydrogens is 250 g/mol. The molecule has 1 rings (SSSR count). The van der Waals surface area contributed by atoms with E-state index in [0.29, 0.717) is 31.6 Å². The van der Waals surface area contributed by atoms with E-state index in [-0.39, 0.29) is 5.75 Å². The van der Waals surface area contributed by atoms with Gasteiger partial charge in [-0.25, -0.2) is 8.42 Å². The minimum absolute atomic E-state index is 0.253. The van der Waals surface area contributed by atoms with Crippen LogP contribution in [0.15, 0.2) is 0 Å². The maximum Gasteiger partial charge on any atom is 0.214 e. The second kappa shape index (κ2) is 6.84. The molecule has 6 heteroatoms. The van der Waals surface area contributed by atoms with E-state index in [2.05, 4.69) is 31.0 Å². The number of hydrogen-bond donors (Lipinski definition) is 1. The summed E-state index contributed by atoms with van der Waals surface area (Å²) in [6.45, 7) is 9.04. The predicted octanol–water partition coefficient (Wildman–Crippen LogP) is 0.340. The van der Waals surface area contributed by atoms with Crippen LogP contribution in [0.25, 0.3) is 0 Å². The van der Waals surface area contributed by atoms with E-state index in [1.54, 1.807) is 4.31 Å². The van der Waals surface area contributed by atoms with Crippen molar-refractivity contribution >= 4 is 10.0 Å². The quantitative estimate of drug-likeness (QED) is 0.711. The van der Waals surface area contributed by atoms with Crippen molar-refractivity contribution in [2.24, 2.45) is 0 Å². The fraction of sp³-hybridized carbons (Fsp3) is 1.00. The predicted molar refractivity (Wildman–Crippen MR) is 75.2 cm³/mol. The molecule has 1 heterocycles. The van der Waals surface area contributed by atoms with Gasteiger partial charge in [-0.3, -0.25) is 0 Å². The summed E-state index contributed by atoms with van der Waals surface area (Å²) in [6.07, 6.45) is 0.682. The van der Waals surface area contributed by atoms with Crippen LogP contribution in [-0.2, 0) is 10.0 Å². The highest BCUT2D eigenvalue weighted by Crippen LogP contribution is 2.12. The van der Waals surface area contributed by atoms with Crippen molar-refractivity contribution < 1.29 is 8.42 Å². The van der Waals surface area contributed by atoms with Crippen molar-refractivity contribution in [1.29, 1.82) is 0 Å². The first-order valence-electron chi connectivity index (χ1n) is 6.74. The number of piperazine rings is 1. The number of hydrogen-bond acceptors (Lipinski definition) is 4. The molecule has 108 valence electrons. The minimum Gasteiger partial charge on any atom is -0.314 e. The zero-order valence-corrected chi connectivity index (χ0v) is 12.8. The van der Waals surface area contributed by atoms with Crippen LogP contribution in [-0.4, -0.2) is 68.7 Å². The van der Waals surface area contributed by atoms with Crippen molar-refractivity contribution in [1.82, 2.24) is 14.5 Å². The molecule has 0 radical (unpaired) electrons. The Labute approximate surface area is 112 Å². The summed E-state index contributed by atoms with van der Waals surface area (Å²) in [5, 5.41) is 3.25. The summed E-state index contributed by atoms with van der Waals surface area (Å²) in [5.74, 6) is 0.253. The smallest absolute Gasteiger partial charge is 0.214 e. The number of nitrogens with one attached hydrogen (secondary N) is 1. The monoisotopic (exact) mass is 277 g/mol. The largest absolute Gasteiger partial charge is 0.314 e. The van der Waals surface area contributed by atoms with Crippen LogP contribution in [0.3, 0.4) is 0 Å². The molecule has 1 N–H and O–H groups in total. The van der Waals surface area contributed by atoms with Gasteiger partial charge in [0, 0.05) is 31.7 Å². The molecule has 1 aliphatic heterocycles. The highest BCUT2D eigenvalue weighted by molar-refractivity contribution is 7.89. The number of sulfonamides is 1. The first kappa shape index (κ1) is 15.9. The van der Waals surface area contributed by atoms with Gasteiger partial charge >= 0.3 is 0 Å². The van der Waals surface area contributed by atoms with Crippen LogP contribution in [0.4, 0.5) is 0 Å². The molecule has 0 bridgehead atoms. The van der Waals surface area contributed by atoms with Gasteiger partial charge in [0.15, 0.2) is 0 Å². The van der Waals surface area contributed by atoms with E-state index in [4.69, 9.17) is 0 Å². The Morgan fingerprint density at radius 3 is 2.56 bits per heavy atom. The van der Waals surface area contributed by atoms with E-state index in [0.717, 1.165) is 13.1 Å². The lowest BCUT2D eigenvalue weighted by molar-refractivity contribution is 0.159. The first-order chi connectivity index (χ1) is 8.33. The van der Waals surface area contributed by atoms with Gasteiger partial charge in [0.05, 0.1) is 5.75 Å². The topological polar surface area (TPSA) is 52.7 Å². The average Bonchev–Trinajstić information content (AvgIpc) is 2.28. The molecule has 0 saturated carbocycles. The fourth-order valence-corrected chi connectivity index (χ4v) is 3.61. The Bertz CT molecular complexity index is 343. The van der Waals surface area contributed by atoms with Crippen molar-refractivity contribution in [3.8, 4) is 0 Å². The van der Waals surface area contributed by atoms with Gasteiger partial charge in [0.25, 0.3) is 0 Å². The van der Waals surface area contributed by atoms with Crippen LogP contribution in [0.1, 0.15) is 27.2 Å². The molecule has 5 nitrogen and oxygen atoms in total. The summed E-state index contributed by atoms with van der Waals surface area (Å²) in [7, 11) is -1.03. The Hall–Kier alpha value is -0.170. The Kier molecular flexibility index (Phi) is 6.04. The molecule has 1 aliphatic rings. The highest BCUT2D eigenvalue weighted by Gasteiger charge is 2.28. The molecule has 1 saturated heterocycles. The van der Waals surface area contributed by atoms with Crippen LogP contribution in [0, 0.1) is 0 Å². The van der Waals surface area contributed by atoms with E-state index in [1.165, 1.54) is 0 Å². The molecule has 0 aromatic rings. The summed E-state index contributed by atoms with van der Waals surface area (Å²) < 4.78 is 26.0. The lowest BCUT2D eigenvalue weighted by Crippen LogP contribution is -2.52. The third kappa shape index (κ3) is 4.84. The lowest BCUT2D eigenvalue weighted by Gasteiger charge is -2.36. The molecule has 0 aromatic heterocycles. The van der Waals surface area contributed by atoms with Gasteiger partial charge < -0.3 is 10.2 Å². The van der Waals surface area contributed by atoms with Crippen molar-refractivity contribution in [3.05, 3.63) is 0 Å². The van der Waals surface area contributed by atoms with Crippen LogP contribution < -0.4 is 5.32 Å². The number of likely N-dealkylation sites (N-methyl/N-ethyl adjacent to an activating group) is 1. The second-order valence-corrected chi connectivity index (χ2v) is 7.55. The van der Waals surface area contributed by atoms with Gasteiger partial charge in [0.2, 0.25) is 10.0 Å². The van der Waals surface area contributed by atoms with E-state index < -0.39 is 10.0 Å². The number of nitrogens with zero attached hydrogens (tertiary/aromatic N) is 2. The Morgan fingerprint density at radius 2 is 2.00 bits per heavy atom. The summed E-state index contributed by atoms with van der Waals surface area (Å²) >= 11 is 0. The molecule has 18 heavy (non-hydrogen) atoms. The molecule has 1 unspecified atom stereocenters. The molecule has 1 fully saturated rings. The zero-order chi connectivity index (χ0) is 13.8. The Balaban J connectivity index is 2.39. The Morgan fingerprint density at radius 1 is 1.33 bits per heavy atom. The van der Waals surface area contributed by atoms with Gasteiger partial charge in [0.1, 0.15) is 0 Å². The average molecular weight is 277 g/mol. The maximum absolute atomic E-state index is 12.2. The molecule has 0 spiro atoms. The van der Waals surface area contributed by atoms with Gasteiger partial charge in [-0.15, -0.1) is 0 Å². The molecular formula is C12H27N3O2S. The summed E-state index contributed by atoms with van der Waals surface area (Å²) in [4.78, 5) is 2.20. The lowest BCUT2D eigenvalue weighted by atomic mass is 10.2. The fourth-order valence-electron chi connectivity index (χ4n) is 2.04. The van der Waals surface area contributed by atoms with E-state index >= 15 is 0 Å². The standard InChI is InChI=1S/C12H27N3O2S/c1-11(2)13-6-5-9-18(16,17)15-8-7-14(4)12(3)10-15/h11-13H,5-10H2,1-4H3. The van der Waals surface area contributed by atoms with Crippen LogP contribution in [0.5, 0.6) is 0 Å². The minimum atomic E-state index is -3.07. The molecule has 0 aromatic carbocycles. The van der Waals surface area contributed by atoms with Crippen molar-refractivity contribution in [2.75, 3.05) is 39.0 Å². The summed E-state index contributed by atoms with van der Waals surface area (Å²) in [5.41, 5.74) is 0. The molecule has 0 aliphatic carbocycles. The van der Waals surface area contributed by atoms with Crippen molar-refractivity contribution in [3.63, 3.8) is 0 Å².